The van der Waals surface area contributed by atoms with Crippen molar-refractivity contribution in [2.75, 3.05) is 0 Å². The van der Waals surface area contributed by atoms with Crippen molar-refractivity contribution in [3.63, 3.8) is 0 Å². The van der Waals surface area contributed by atoms with Crippen molar-refractivity contribution < 1.29 is 0 Å². The van der Waals surface area contributed by atoms with Gasteiger partial charge in [0.1, 0.15) is 0 Å². The zero-order chi connectivity index (χ0) is 33.8. The van der Waals surface area contributed by atoms with Crippen molar-refractivity contribution in [2.45, 2.75) is 122 Å². The minimum absolute atomic E-state index is 0.225. The van der Waals surface area contributed by atoms with Crippen LogP contribution in [0.25, 0.3) is 0 Å². The van der Waals surface area contributed by atoms with Crippen molar-refractivity contribution >= 4 is 0 Å². The molecule has 4 aromatic carbocycles. The summed E-state index contributed by atoms with van der Waals surface area (Å²) in [7, 11) is 0. The molecule has 1 aliphatic rings. The molecule has 0 saturated heterocycles. The van der Waals surface area contributed by atoms with Crippen molar-refractivity contribution in [1.29, 1.82) is 0 Å². The Balaban J connectivity index is 0.000000689. The van der Waals surface area contributed by atoms with Crippen molar-refractivity contribution in [3.05, 3.63) is 143 Å². The first kappa shape index (κ1) is 40.9. The van der Waals surface area contributed by atoms with Crippen LogP contribution in [0.1, 0.15) is 142 Å². The molecule has 0 aromatic heterocycles. The van der Waals surface area contributed by atoms with E-state index in [0.717, 1.165) is 0 Å². The zero-order valence-electron chi connectivity index (χ0n) is 31.0. The number of rotatable bonds is 2. The molecule has 0 atom stereocenters. The summed E-state index contributed by atoms with van der Waals surface area (Å²) < 4.78 is 0. The first-order valence-corrected chi connectivity index (χ1v) is 17.4. The molecule has 1 aliphatic carbocycles. The van der Waals surface area contributed by atoms with E-state index in [0.29, 0.717) is 11.8 Å². The van der Waals surface area contributed by atoms with E-state index in [2.05, 4.69) is 151 Å². The van der Waals surface area contributed by atoms with Gasteiger partial charge in [0.2, 0.25) is 0 Å². The largest absolute Gasteiger partial charge is 0.0683 e. The van der Waals surface area contributed by atoms with Crippen molar-refractivity contribution in [2.24, 2.45) is 10.8 Å². The van der Waals surface area contributed by atoms with Gasteiger partial charge < -0.3 is 0 Å². The van der Waals surface area contributed by atoms with E-state index in [4.69, 9.17) is 0 Å². The van der Waals surface area contributed by atoms with E-state index < -0.39 is 0 Å². The fraction of sp³-hybridized carbons (Fsp3) is 0.455. The molecule has 4 aromatic rings. The smallest absolute Gasteiger partial charge is 0.0143 e. The van der Waals surface area contributed by atoms with Crippen LogP contribution in [-0.4, -0.2) is 0 Å². The maximum Gasteiger partial charge on any atom is 0.0143 e. The number of aryl methyl sites for hydroxylation is 2. The summed E-state index contributed by atoms with van der Waals surface area (Å²) in [6, 6.07) is 39.5. The molecule has 0 heteroatoms. The summed E-state index contributed by atoms with van der Waals surface area (Å²) in [5, 5.41) is 0. The molecule has 0 fully saturated rings. The quantitative estimate of drug-likeness (QED) is 0.216. The van der Waals surface area contributed by atoms with Crippen molar-refractivity contribution in [3.8, 4) is 0 Å². The highest BCUT2D eigenvalue weighted by Crippen LogP contribution is 2.45. The third-order valence-corrected chi connectivity index (χ3v) is 7.39. The normalized spacial score (nSPS) is 11.8. The molecular formula is C44H66. The van der Waals surface area contributed by atoms with Gasteiger partial charge in [-0.1, -0.05) is 206 Å². The molecule has 0 radical (unpaired) electrons. The van der Waals surface area contributed by atoms with Gasteiger partial charge in [0.05, 0.1) is 0 Å². The molecule has 0 spiro atoms. The monoisotopic (exact) mass is 595 g/mol. The Morgan fingerprint density at radius 2 is 0.727 bits per heavy atom. The van der Waals surface area contributed by atoms with Gasteiger partial charge in [0.15, 0.2) is 0 Å². The van der Waals surface area contributed by atoms with Gasteiger partial charge in [0, 0.05) is 11.8 Å². The first-order chi connectivity index (χ1) is 21.2. The maximum absolute atomic E-state index is 2.36. The highest BCUT2D eigenvalue weighted by atomic mass is 14.4. The van der Waals surface area contributed by atoms with Crippen LogP contribution in [0.3, 0.4) is 0 Å². The topological polar surface area (TPSA) is 0 Å². The molecule has 0 heterocycles. The van der Waals surface area contributed by atoms with E-state index in [1.165, 1.54) is 46.2 Å². The Morgan fingerprint density at radius 1 is 0.432 bits per heavy atom. The molecule has 0 amide bonds. The predicted octanol–water partition coefficient (Wildman–Crippen LogP) is 13.9. The average molecular weight is 595 g/mol. The van der Waals surface area contributed by atoms with Crippen LogP contribution < -0.4 is 0 Å². The van der Waals surface area contributed by atoms with E-state index in [1.54, 1.807) is 0 Å². The molecule has 5 rings (SSSR count). The SMILES string of the molecule is CC.CC.CC.CC.CC(C)(C)C(c1ccccc1)c1ccccc1.CC(C)(C)C1c2ccccc2CCc2ccccc21. The second-order valence-electron chi connectivity index (χ2n) is 12.3. The van der Waals surface area contributed by atoms with Crippen LogP contribution in [0.15, 0.2) is 109 Å². The van der Waals surface area contributed by atoms with Gasteiger partial charge in [-0.3, -0.25) is 0 Å². The Morgan fingerprint density at radius 3 is 1.02 bits per heavy atom. The standard InChI is InChI=1S/C19H22.C17H20.4C2H6/c1-19(2,3)18-16-10-6-4-8-14(16)12-13-15-9-5-7-11-17(15)18;1-17(2,3)16(14-10-6-4-7-11-14)15-12-8-5-9-13-15;4*1-2/h4-11,18H,12-13H2,1-3H3;4-13,16H,1-3H3;4*1-2H3. The Kier molecular flexibility index (Phi) is 20.0. The van der Waals surface area contributed by atoms with Crippen LogP contribution in [0, 0.1) is 10.8 Å². The first-order valence-electron chi connectivity index (χ1n) is 17.4. The fourth-order valence-electron chi connectivity index (χ4n) is 5.94. The van der Waals surface area contributed by atoms with Gasteiger partial charge in [-0.05, 0) is 57.1 Å². The second kappa shape index (κ2) is 21.6. The van der Waals surface area contributed by atoms with Gasteiger partial charge in [-0.2, -0.15) is 0 Å². The summed E-state index contributed by atoms with van der Waals surface area (Å²) in [5.41, 5.74) is 9.37. The van der Waals surface area contributed by atoms with Crippen LogP contribution in [0.4, 0.5) is 0 Å². The minimum Gasteiger partial charge on any atom is -0.0683 e. The lowest BCUT2D eigenvalue weighted by Gasteiger charge is -2.33. The summed E-state index contributed by atoms with van der Waals surface area (Å²) in [4.78, 5) is 0. The van der Waals surface area contributed by atoms with E-state index in [-0.39, 0.29) is 10.8 Å². The number of fused-ring (bicyclic) bond motifs is 2. The van der Waals surface area contributed by atoms with Crippen LogP contribution in [0.2, 0.25) is 0 Å². The lowest BCUT2D eigenvalue weighted by Crippen LogP contribution is -2.20. The number of hydrogen-bond donors (Lipinski definition) is 0. The van der Waals surface area contributed by atoms with E-state index in [1.807, 2.05) is 55.4 Å². The lowest BCUT2D eigenvalue weighted by atomic mass is 9.71. The molecular weight excluding hydrogens is 528 g/mol. The van der Waals surface area contributed by atoms with Gasteiger partial charge in [-0.15, -0.1) is 0 Å². The molecule has 0 N–H and O–H groups in total. The zero-order valence-corrected chi connectivity index (χ0v) is 31.0. The summed E-state index contributed by atoms with van der Waals surface area (Å²) in [6.07, 6.45) is 2.33. The van der Waals surface area contributed by atoms with Gasteiger partial charge >= 0.3 is 0 Å². The van der Waals surface area contributed by atoms with Crippen LogP contribution in [-0.2, 0) is 12.8 Å². The highest BCUT2D eigenvalue weighted by molar-refractivity contribution is 5.46. The van der Waals surface area contributed by atoms with E-state index in [9.17, 15) is 0 Å². The molecule has 0 aliphatic heterocycles. The minimum atomic E-state index is 0.225. The third kappa shape index (κ3) is 12.1. The van der Waals surface area contributed by atoms with Crippen LogP contribution >= 0.6 is 0 Å². The summed E-state index contributed by atoms with van der Waals surface area (Å²) in [5.74, 6) is 0.951. The Hall–Kier alpha value is -3.12. The highest BCUT2D eigenvalue weighted by Gasteiger charge is 2.32. The molecule has 242 valence electrons. The molecule has 0 nitrogen and oxygen atoms in total. The third-order valence-electron chi connectivity index (χ3n) is 7.39. The lowest BCUT2D eigenvalue weighted by molar-refractivity contribution is 0.357. The fourth-order valence-corrected chi connectivity index (χ4v) is 5.94. The molecule has 44 heavy (non-hydrogen) atoms. The Bertz CT molecular complexity index is 1150. The van der Waals surface area contributed by atoms with E-state index >= 15 is 0 Å². The number of benzene rings is 4. The summed E-state index contributed by atoms with van der Waals surface area (Å²) >= 11 is 0. The molecule has 0 bridgehead atoms. The van der Waals surface area contributed by atoms with Gasteiger partial charge in [-0.25, -0.2) is 0 Å². The average Bonchev–Trinajstić information content (AvgIpc) is 3.23. The Labute approximate surface area is 274 Å². The number of hydrogen-bond acceptors (Lipinski definition) is 0. The van der Waals surface area contributed by atoms with Crippen molar-refractivity contribution in [1.82, 2.24) is 0 Å². The summed E-state index contributed by atoms with van der Waals surface area (Å²) in [6.45, 7) is 30.0. The molecule has 0 saturated carbocycles. The maximum atomic E-state index is 2.36. The molecule has 0 unspecified atom stereocenters. The second-order valence-corrected chi connectivity index (χ2v) is 12.3. The van der Waals surface area contributed by atoms with Gasteiger partial charge in [0.25, 0.3) is 0 Å². The van der Waals surface area contributed by atoms with Crippen LogP contribution in [0.5, 0.6) is 0 Å². The predicted molar refractivity (Wildman–Crippen MR) is 201 cm³/mol.